The predicted octanol–water partition coefficient (Wildman–Crippen LogP) is 3.47. The molecule has 1 atom stereocenters. The number of carbonyl (C=O) groups is 1. The van der Waals surface area contributed by atoms with E-state index in [1.165, 1.54) is 7.11 Å². The van der Waals surface area contributed by atoms with Crippen LogP contribution >= 0.6 is 11.6 Å². The zero-order chi connectivity index (χ0) is 17.4. The number of hydrogen-bond acceptors (Lipinski definition) is 5. The van der Waals surface area contributed by atoms with Crippen LogP contribution in [0.1, 0.15) is 32.3 Å². The van der Waals surface area contributed by atoms with Crippen LogP contribution in [0.4, 0.5) is 0 Å². The molecular weight excluding hydrogens is 330 g/mol. The van der Waals surface area contributed by atoms with Crippen LogP contribution in [0.3, 0.4) is 0 Å². The zero-order valence-electron chi connectivity index (χ0n) is 14.1. The van der Waals surface area contributed by atoms with Gasteiger partial charge in [-0.25, -0.2) is 4.79 Å². The summed E-state index contributed by atoms with van der Waals surface area (Å²) < 4.78 is 16.4. The third kappa shape index (κ3) is 2.83. The molecule has 1 unspecified atom stereocenters. The predicted molar refractivity (Wildman–Crippen MR) is 90.2 cm³/mol. The summed E-state index contributed by atoms with van der Waals surface area (Å²) in [4.78, 5) is 12.5. The van der Waals surface area contributed by atoms with E-state index in [0.29, 0.717) is 10.6 Å². The highest BCUT2D eigenvalue weighted by molar-refractivity contribution is 6.31. The highest BCUT2D eigenvalue weighted by Crippen LogP contribution is 2.45. The lowest BCUT2D eigenvalue weighted by atomic mass is 9.80. The van der Waals surface area contributed by atoms with E-state index in [0.717, 1.165) is 22.5 Å². The van der Waals surface area contributed by atoms with Crippen LogP contribution in [-0.2, 0) is 19.0 Å². The largest absolute Gasteiger partial charge is 0.466 e. The second-order valence-electron chi connectivity index (χ2n) is 5.86. The zero-order valence-corrected chi connectivity index (χ0v) is 14.8. The number of halogens is 1. The molecule has 0 saturated carbocycles. The Labute approximate surface area is 146 Å². The summed E-state index contributed by atoms with van der Waals surface area (Å²) in [6.45, 7) is 5.61. The van der Waals surface area contributed by atoms with Crippen molar-refractivity contribution in [2.45, 2.75) is 39.3 Å². The minimum atomic E-state index is -0.512. The van der Waals surface area contributed by atoms with Gasteiger partial charge in [0.25, 0.3) is 0 Å². The number of hydrogen-bond donors (Lipinski definition) is 1. The average molecular weight is 350 g/mol. The Hall–Kier alpha value is -1.82. The van der Waals surface area contributed by atoms with Gasteiger partial charge in [-0.05, 0) is 32.4 Å². The summed E-state index contributed by atoms with van der Waals surface area (Å²) >= 11 is 6.43. The van der Waals surface area contributed by atoms with Crippen molar-refractivity contribution in [2.24, 2.45) is 0 Å². The maximum Gasteiger partial charge on any atom is 0.336 e. The summed E-state index contributed by atoms with van der Waals surface area (Å²) in [6.07, 6.45) is -0.780. The molecule has 128 valence electrons. The van der Waals surface area contributed by atoms with Gasteiger partial charge < -0.3 is 19.5 Å². The molecule has 1 saturated heterocycles. The summed E-state index contributed by atoms with van der Waals surface area (Å²) in [6, 6.07) is 7.46. The van der Waals surface area contributed by atoms with Gasteiger partial charge in [-0.15, -0.1) is 0 Å². The number of allylic oxidation sites excluding steroid dienone is 2. The van der Waals surface area contributed by atoms with E-state index in [1.54, 1.807) is 6.07 Å². The van der Waals surface area contributed by atoms with E-state index in [-0.39, 0.29) is 12.2 Å². The molecule has 2 heterocycles. The monoisotopic (exact) mass is 349 g/mol. The molecule has 2 aliphatic heterocycles. The standard InChI is InChI=1S/C18H20ClNO4/c1-9-14(17(21)22-4)16(12-7-5-6-8-13(12)19)15(10(2)20-9)18-23-11(3)24-18/h5-8,11,16,18,20H,1-4H3. The SMILES string of the molecule is COC(=O)C1=C(C)NC(C)=C(C2OC(C)O2)C1c1ccccc1Cl. The maximum atomic E-state index is 12.5. The lowest BCUT2D eigenvalue weighted by Gasteiger charge is -2.41. The molecule has 0 amide bonds. The molecule has 1 N–H and O–H groups in total. The number of carbonyl (C=O) groups excluding carboxylic acids is 1. The van der Waals surface area contributed by atoms with Crippen molar-refractivity contribution in [3.8, 4) is 0 Å². The van der Waals surface area contributed by atoms with Gasteiger partial charge in [-0.1, -0.05) is 29.8 Å². The van der Waals surface area contributed by atoms with Crippen LogP contribution in [0.5, 0.6) is 0 Å². The minimum absolute atomic E-state index is 0.268. The van der Waals surface area contributed by atoms with E-state index in [9.17, 15) is 4.79 Å². The first kappa shape index (κ1) is 17.0. The van der Waals surface area contributed by atoms with Crippen LogP contribution in [0, 0.1) is 0 Å². The molecule has 3 rings (SSSR count). The lowest BCUT2D eigenvalue weighted by molar-refractivity contribution is -0.360. The summed E-state index contributed by atoms with van der Waals surface area (Å²) in [5, 5.41) is 3.81. The third-order valence-electron chi connectivity index (χ3n) is 4.32. The van der Waals surface area contributed by atoms with Crippen molar-refractivity contribution in [3.05, 3.63) is 57.4 Å². The third-order valence-corrected chi connectivity index (χ3v) is 4.66. The van der Waals surface area contributed by atoms with Crippen LogP contribution < -0.4 is 5.32 Å². The molecule has 0 radical (unpaired) electrons. The van der Waals surface area contributed by atoms with E-state index in [1.807, 2.05) is 39.0 Å². The van der Waals surface area contributed by atoms with Crippen LogP contribution in [0.2, 0.25) is 5.02 Å². The van der Waals surface area contributed by atoms with Gasteiger partial charge in [-0.3, -0.25) is 0 Å². The first-order chi connectivity index (χ1) is 11.4. The smallest absolute Gasteiger partial charge is 0.336 e. The Morgan fingerprint density at radius 1 is 1.21 bits per heavy atom. The van der Waals surface area contributed by atoms with Gasteiger partial charge >= 0.3 is 5.97 Å². The van der Waals surface area contributed by atoms with Crippen molar-refractivity contribution in [2.75, 3.05) is 7.11 Å². The van der Waals surface area contributed by atoms with Crippen molar-refractivity contribution in [1.82, 2.24) is 5.32 Å². The fourth-order valence-electron chi connectivity index (χ4n) is 3.24. The maximum absolute atomic E-state index is 12.5. The normalized spacial score (nSPS) is 26.8. The number of esters is 1. The van der Waals surface area contributed by atoms with Gasteiger partial charge in [0.15, 0.2) is 12.6 Å². The average Bonchev–Trinajstić information content (AvgIpc) is 2.52. The molecule has 0 bridgehead atoms. The quantitative estimate of drug-likeness (QED) is 0.847. The first-order valence-electron chi connectivity index (χ1n) is 7.76. The number of methoxy groups -OCH3 is 1. The molecule has 24 heavy (non-hydrogen) atoms. The van der Waals surface area contributed by atoms with E-state index in [4.69, 9.17) is 25.8 Å². The number of ether oxygens (including phenoxy) is 3. The summed E-state index contributed by atoms with van der Waals surface area (Å²) in [7, 11) is 1.37. The molecule has 2 aliphatic rings. The Balaban J connectivity index is 2.15. The topological polar surface area (TPSA) is 56.8 Å². The number of dihydropyridines is 1. The Bertz CT molecular complexity index is 734. The van der Waals surface area contributed by atoms with Gasteiger partial charge in [0.2, 0.25) is 0 Å². The molecule has 1 fully saturated rings. The second-order valence-corrected chi connectivity index (χ2v) is 6.27. The first-order valence-corrected chi connectivity index (χ1v) is 8.14. The molecule has 1 aromatic rings. The van der Waals surface area contributed by atoms with Crippen LogP contribution in [0.25, 0.3) is 0 Å². The van der Waals surface area contributed by atoms with E-state index in [2.05, 4.69) is 5.32 Å². The van der Waals surface area contributed by atoms with Gasteiger partial charge in [0.1, 0.15) is 0 Å². The molecule has 0 spiro atoms. The molecule has 5 nitrogen and oxygen atoms in total. The molecule has 0 aromatic heterocycles. The molecule has 0 aliphatic carbocycles. The molecule has 6 heteroatoms. The summed E-state index contributed by atoms with van der Waals surface area (Å²) in [5.41, 5.74) is 3.80. The van der Waals surface area contributed by atoms with Crippen molar-refractivity contribution in [1.29, 1.82) is 0 Å². The Kier molecular flexibility index (Phi) is 4.67. The fraction of sp³-hybridized carbons (Fsp3) is 0.389. The second kappa shape index (κ2) is 6.59. The van der Waals surface area contributed by atoms with E-state index < -0.39 is 12.3 Å². The molecular formula is C18H20ClNO4. The number of rotatable bonds is 3. The lowest BCUT2D eigenvalue weighted by Crippen LogP contribution is -2.45. The van der Waals surface area contributed by atoms with Crippen LogP contribution in [0.15, 0.2) is 46.8 Å². The highest BCUT2D eigenvalue weighted by atomic mass is 35.5. The van der Waals surface area contributed by atoms with E-state index >= 15 is 0 Å². The summed E-state index contributed by atoms with van der Waals surface area (Å²) in [5.74, 6) is -0.785. The molecule has 1 aromatic carbocycles. The van der Waals surface area contributed by atoms with Crippen molar-refractivity contribution >= 4 is 17.6 Å². The Morgan fingerprint density at radius 3 is 2.46 bits per heavy atom. The van der Waals surface area contributed by atoms with Crippen molar-refractivity contribution < 1.29 is 19.0 Å². The number of nitrogens with one attached hydrogen (secondary N) is 1. The number of benzene rings is 1. The highest BCUT2D eigenvalue weighted by Gasteiger charge is 2.42. The van der Waals surface area contributed by atoms with Gasteiger partial charge in [0.05, 0.1) is 12.7 Å². The van der Waals surface area contributed by atoms with Crippen LogP contribution in [-0.4, -0.2) is 25.7 Å². The van der Waals surface area contributed by atoms with Gasteiger partial charge in [-0.2, -0.15) is 0 Å². The van der Waals surface area contributed by atoms with Gasteiger partial charge in [0, 0.05) is 27.9 Å². The minimum Gasteiger partial charge on any atom is -0.466 e. The Morgan fingerprint density at radius 2 is 1.88 bits per heavy atom. The fourth-order valence-corrected chi connectivity index (χ4v) is 3.49. The van der Waals surface area contributed by atoms with Crippen molar-refractivity contribution in [3.63, 3.8) is 0 Å².